The van der Waals surface area contributed by atoms with Crippen molar-refractivity contribution in [1.82, 2.24) is 20.2 Å². The van der Waals surface area contributed by atoms with Crippen molar-refractivity contribution in [3.05, 3.63) is 35.2 Å². The summed E-state index contributed by atoms with van der Waals surface area (Å²) in [4.78, 5) is 12.1. The average molecular weight is 404 g/mol. The van der Waals surface area contributed by atoms with Crippen molar-refractivity contribution in [2.24, 2.45) is 0 Å². The smallest absolute Gasteiger partial charge is 0.230 e. The Morgan fingerprint density at radius 2 is 2.11 bits per heavy atom. The van der Waals surface area contributed by atoms with Crippen LogP contribution in [0.15, 0.2) is 23.4 Å². The van der Waals surface area contributed by atoms with E-state index in [2.05, 4.69) is 41.5 Å². The molecule has 8 heteroatoms. The summed E-state index contributed by atoms with van der Waals surface area (Å²) >= 11 is 1.29. The van der Waals surface area contributed by atoms with E-state index in [4.69, 9.17) is 10.6 Å². The summed E-state index contributed by atoms with van der Waals surface area (Å²) in [5.41, 5.74) is 2.28. The van der Waals surface area contributed by atoms with E-state index >= 15 is 0 Å². The summed E-state index contributed by atoms with van der Waals surface area (Å²) in [6, 6.07) is 6.51. The van der Waals surface area contributed by atoms with Crippen molar-refractivity contribution in [2.75, 3.05) is 11.6 Å². The average Bonchev–Trinajstić information content (AvgIpc) is 3.28. The van der Waals surface area contributed by atoms with Gasteiger partial charge in [0.05, 0.1) is 5.75 Å². The molecule has 2 aromatic rings. The number of aromatic nitrogens is 3. The van der Waals surface area contributed by atoms with Crippen molar-refractivity contribution in [2.45, 2.75) is 70.2 Å². The fourth-order valence-electron chi connectivity index (χ4n) is 3.36. The highest BCUT2D eigenvalue weighted by atomic mass is 32.2. The number of thioether (sulfide) groups is 1. The van der Waals surface area contributed by atoms with Gasteiger partial charge in [0, 0.05) is 6.04 Å². The first kappa shape index (κ1) is 20.5. The second-order valence-electron chi connectivity index (χ2n) is 7.59. The Morgan fingerprint density at radius 1 is 1.36 bits per heavy atom. The number of nitrogen functional groups attached to an aromatic ring is 1. The minimum Gasteiger partial charge on any atom is -0.485 e. The molecule has 1 fully saturated rings. The zero-order valence-corrected chi connectivity index (χ0v) is 17.6. The van der Waals surface area contributed by atoms with Gasteiger partial charge in [0.1, 0.15) is 12.4 Å². The highest BCUT2D eigenvalue weighted by Gasteiger charge is 2.18. The molecule has 1 aliphatic rings. The quantitative estimate of drug-likeness (QED) is 0.519. The highest BCUT2D eigenvalue weighted by Crippen LogP contribution is 2.28. The van der Waals surface area contributed by atoms with Gasteiger partial charge < -0.3 is 15.9 Å². The van der Waals surface area contributed by atoms with Gasteiger partial charge in [-0.25, -0.2) is 4.68 Å². The summed E-state index contributed by atoms with van der Waals surface area (Å²) in [7, 11) is 0. The van der Waals surface area contributed by atoms with Crippen LogP contribution in [0, 0.1) is 6.92 Å². The minimum atomic E-state index is 0.0130. The Labute approximate surface area is 170 Å². The van der Waals surface area contributed by atoms with Crippen LogP contribution >= 0.6 is 11.8 Å². The van der Waals surface area contributed by atoms with Gasteiger partial charge in [-0.05, 0) is 42.9 Å². The lowest BCUT2D eigenvalue weighted by Gasteiger charge is -2.14. The summed E-state index contributed by atoms with van der Waals surface area (Å²) in [5, 5.41) is 11.8. The maximum absolute atomic E-state index is 12.1. The van der Waals surface area contributed by atoms with Gasteiger partial charge in [0.15, 0.2) is 5.82 Å². The summed E-state index contributed by atoms with van der Waals surface area (Å²) < 4.78 is 7.38. The standard InChI is InChI=1S/C20H29N5O2S/c1-13(2)16-9-8-14(3)10-17(16)27-11-18-23-24-20(25(18)21)28-12-19(26)22-15-6-4-5-7-15/h8-10,13,15H,4-7,11-12,21H2,1-3H3,(H,22,26). The van der Waals surface area contributed by atoms with Gasteiger partial charge in [0.2, 0.25) is 11.1 Å². The molecular weight excluding hydrogens is 374 g/mol. The van der Waals surface area contributed by atoms with Crippen LogP contribution in [0.25, 0.3) is 0 Å². The number of hydrogen-bond donors (Lipinski definition) is 2. The lowest BCUT2D eigenvalue weighted by atomic mass is 10.0. The number of carbonyl (C=O) groups is 1. The molecular formula is C20H29N5O2S. The molecule has 0 saturated heterocycles. The normalized spacial score (nSPS) is 14.6. The molecule has 7 nitrogen and oxygen atoms in total. The van der Waals surface area contributed by atoms with Crippen LogP contribution in [0.4, 0.5) is 0 Å². The first-order valence-electron chi connectivity index (χ1n) is 9.79. The van der Waals surface area contributed by atoms with E-state index in [0.717, 1.165) is 29.7 Å². The fraction of sp³-hybridized carbons (Fsp3) is 0.550. The molecule has 3 rings (SSSR count). The molecule has 1 aliphatic carbocycles. The Balaban J connectivity index is 1.56. The van der Waals surface area contributed by atoms with Crippen LogP contribution in [-0.2, 0) is 11.4 Å². The minimum absolute atomic E-state index is 0.0130. The second kappa shape index (κ2) is 9.32. The molecule has 1 heterocycles. The lowest BCUT2D eigenvalue weighted by molar-refractivity contribution is -0.119. The number of nitrogens with two attached hydrogens (primary N) is 1. The Hall–Kier alpha value is -2.22. The van der Waals surface area contributed by atoms with Crippen LogP contribution in [0.1, 0.15) is 62.4 Å². The Bertz CT molecular complexity index is 815. The molecule has 1 saturated carbocycles. The van der Waals surface area contributed by atoms with Gasteiger partial charge in [0.25, 0.3) is 0 Å². The number of nitrogens with one attached hydrogen (secondary N) is 1. The monoisotopic (exact) mass is 403 g/mol. The van der Waals surface area contributed by atoms with Crippen molar-refractivity contribution in [1.29, 1.82) is 0 Å². The molecule has 1 aromatic heterocycles. The SMILES string of the molecule is Cc1ccc(C(C)C)c(OCc2nnc(SCC(=O)NC3CCCC3)n2N)c1. The number of aryl methyl sites for hydroxylation is 1. The predicted octanol–water partition coefficient (Wildman–Crippen LogP) is 3.15. The number of hydrogen-bond acceptors (Lipinski definition) is 6. The number of carbonyl (C=O) groups excluding carboxylic acids is 1. The molecule has 0 unspecified atom stereocenters. The third-order valence-corrected chi connectivity index (χ3v) is 5.88. The molecule has 152 valence electrons. The summed E-state index contributed by atoms with van der Waals surface area (Å²) in [6.07, 6.45) is 4.53. The maximum Gasteiger partial charge on any atom is 0.230 e. The van der Waals surface area contributed by atoms with Crippen LogP contribution in [-0.4, -0.2) is 32.6 Å². The van der Waals surface area contributed by atoms with Crippen LogP contribution < -0.4 is 15.9 Å². The molecule has 0 spiro atoms. The molecule has 3 N–H and O–H groups in total. The van der Waals surface area contributed by atoms with E-state index in [1.807, 2.05) is 13.0 Å². The number of ether oxygens (including phenoxy) is 1. The number of benzene rings is 1. The van der Waals surface area contributed by atoms with E-state index in [0.29, 0.717) is 22.9 Å². The molecule has 0 bridgehead atoms. The molecule has 1 aromatic carbocycles. The molecule has 0 aliphatic heterocycles. The summed E-state index contributed by atoms with van der Waals surface area (Å²) in [5.74, 6) is 8.11. The number of amides is 1. The maximum atomic E-state index is 12.1. The number of rotatable bonds is 8. The molecule has 0 radical (unpaired) electrons. The zero-order chi connectivity index (χ0) is 20.1. The lowest BCUT2D eigenvalue weighted by Crippen LogP contribution is -2.34. The fourth-order valence-corrected chi connectivity index (χ4v) is 4.05. The first-order valence-corrected chi connectivity index (χ1v) is 10.8. The second-order valence-corrected chi connectivity index (χ2v) is 8.53. The summed E-state index contributed by atoms with van der Waals surface area (Å²) in [6.45, 7) is 6.53. The zero-order valence-electron chi connectivity index (χ0n) is 16.8. The first-order chi connectivity index (χ1) is 13.4. The third-order valence-electron chi connectivity index (χ3n) is 4.94. The predicted molar refractivity (Wildman–Crippen MR) is 111 cm³/mol. The number of nitrogens with zero attached hydrogens (tertiary/aromatic N) is 3. The van der Waals surface area contributed by atoms with Gasteiger partial charge in [-0.15, -0.1) is 10.2 Å². The highest BCUT2D eigenvalue weighted by molar-refractivity contribution is 7.99. The van der Waals surface area contributed by atoms with Crippen LogP contribution in [0.3, 0.4) is 0 Å². The Kier molecular flexibility index (Phi) is 6.83. The van der Waals surface area contributed by atoms with Crippen molar-refractivity contribution in [3.63, 3.8) is 0 Å². The van der Waals surface area contributed by atoms with Crippen LogP contribution in [0.2, 0.25) is 0 Å². The van der Waals surface area contributed by atoms with E-state index in [1.54, 1.807) is 0 Å². The van der Waals surface area contributed by atoms with Gasteiger partial charge >= 0.3 is 0 Å². The third kappa shape index (κ3) is 5.19. The largest absolute Gasteiger partial charge is 0.485 e. The van der Waals surface area contributed by atoms with E-state index in [1.165, 1.54) is 29.3 Å². The molecule has 0 atom stereocenters. The van der Waals surface area contributed by atoms with Gasteiger partial charge in [-0.2, -0.15) is 0 Å². The van der Waals surface area contributed by atoms with Gasteiger partial charge in [-0.1, -0.05) is 50.6 Å². The topological polar surface area (TPSA) is 95.1 Å². The van der Waals surface area contributed by atoms with E-state index < -0.39 is 0 Å². The van der Waals surface area contributed by atoms with Crippen molar-refractivity contribution >= 4 is 17.7 Å². The molecule has 1 amide bonds. The van der Waals surface area contributed by atoms with E-state index in [9.17, 15) is 4.79 Å². The van der Waals surface area contributed by atoms with Crippen LogP contribution in [0.5, 0.6) is 5.75 Å². The van der Waals surface area contributed by atoms with Crippen molar-refractivity contribution < 1.29 is 9.53 Å². The molecule has 28 heavy (non-hydrogen) atoms. The van der Waals surface area contributed by atoms with Crippen molar-refractivity contribution in [3.8, 4) is 5.75 Å². The Morgan fingerprint density at radius 3 is 2.82 bits per heavy atom. The van der Waals surface area contributed by atoms with E-state index in [-0.39, 0.29) is 18.3 Å². The van der Waals surface area contributed by atoms with Gasteiger partial charge in [-0.3, -0.25) is 4.79 Å².